The number of hydrogen-bond donors (Lipinski definition) is 17. The quantitative estimate of drug-likeness (QED) is 0.0142. The van der Waals surface area contributed by atoms with Gasteiger partial charge in [0.25, 0.3) is 0 Å². The predicted molar refractivity (Wildman–Crippen MR) is 234 cm³/mol. The Morgan fingerprint density at radius 1 is 0.727 bits per heavy atom. The van der Waals surface area contributed by atoms with Gasteiger partial charge in [-0.2, -0.15) is 12.6 Å². The third-order valence-corrected chi connectivity index (χ3v) is 9.61. The van der Waals surface area contributed by atoms with Gasteiger partial charge in [-0.1, -0.05) is 13.8 Å². The number of hydrogen-bond acceptors (Lipinski definition) is 16. The maximum absolute atomic E-state index is 14.1. The molecular formula is C37H62N14O14S. The van der Waals surface area contributed by atoms with E-state index in [4.69, 9.17) is 22.9 Å². The molecule has 29 heteroatoms. The van der Waals surface area contributed by atoms with E-state index in [1.807, 2.05) is 0 Å². The lowest BCUT2D eigenvalue weighted by Crippen LogP contribution is -2.62. The number of carbonyl (C=O) groups is 10. The number of carbonyl (C=O) groups excluding carboxylic acids is 8. The Bertz CT molecular complexity index is 1860. The van der Waals surface area contributed by atoms with Gasteiger partial charge in [-0.3, -0.25) is 48.1 Å². The maximum Gasteiger partial charge on any atom is 0.327 e. The summed E-state index contributed by atoms with van der Waals surface area (Å²) in [6.07, 6.45) is -1.15. The number of aromatic amines is 1. The lowest BCUT2D eigenvalue weighted by atomic mass is 10.0. The molecule has 0 saturated carbocycles. The second kappa shape index (κ2) is 29.0. The van der Waals surface area contributed by atoms with Gasteiger partial charge in [0.15, 0.2) is 5.96 Å². The molecule has 0 radical (unpaired) electrons. The normalized spacial score (nSPS) is 15.1. The molecule has 0 bridgehead atoms. The molecule has 66 heavy (non-hydrogen) atoms. The van der Waals surface area contributed by atoms with E-state index in [1.165, 1.54) is 12.5 Å². The van der Waals surface area contributed by atoms with E-state index in [0.29, 0.717) is 0 Å². The lowest BCUT2D eigenvalue weighted by molar-refractivity contribution is -0.142. The summed E-state index contributed by atoms with van der Waals surface area (Å²) in [6.45, 7) is 3.42. The Morgan fingerprint density at radius 2 is 1.24 bits per heavy atom. The summed E-state index contributed by atoms with van der Waals surface area (Å²) >= 11 is 3.86. The minimum Gasteiger partial charge on any atom is -0.481 e. The smallest absolute Gasteiger partial charge is 0.327 e. The van der Waals surface area contributed by atoms with Crippen molar-refractivity contribution >= 4 is 77.8 Å². The summed E-state index contributed by atoms with van der Waals surface area (Å²) in [5, 5.41) is 55.2. The molecule has 8 amide bonds. The number of aliphatic carboxylic acids is 2. The molecule has 9 atom stereocenters. The van der Waals surface area contributed by atoms with Crippen LogP contribution in [0, 0.1) is 5.92 Å². The number of imidazole rings is 1. The van der Waals surface area contributed by atoms with Gasteiger partial charge in [-0.05, 0) is 38.5 Å². The molecule has 1 heterocycles. The molecule has 370 valence electrons. The number of primary amides is 1. The van der Waals surface area contributed by atoms with Gasteiger partial charge in [0, 0.05) is 37.0 Å². The monoisotopic (exact) mass is 958 g/mol. The van der Waals surface area contributed by atoms with Gasteiger partial charge in [-0.15, -0.1) is 0 Å². The first kappa shape index (κ1) is 57.4. The van der Waals surface area contributed by atoms with Crippen molar-refractivity contribution in [3.63, 3.8) is 0 Å². The first-order valence-corrected chi connectivity index (χ1v) is 21.1. The van der Waals surface area contributed by atoms with Crippen LogP contribution in [-0.4, -0.2) is 169 Å². The fourth-order valence-corrected chi connectivity index (χ4v) is 6.06. The van der Waals surface area contributed by atoms with Crippen LogP contribution in [0.2, 0.25) is 0 Å². The second-order valence-corrected chi connectivity index (χ2v) is 15.7. The average molecular weight is 959 g/mol. The highest BCUT2D eigenvalue weighted by atomic mass is 32.1. The fraction of sp³-hybridized carbons (Fsp3) is 0.622. The van der Waals surface area contributed by atoms with Gasteiger partial charge in [-0.25, -0.2) is 9.78 Å². The molecule has 1 aromatic rings. The SMILES string of the molecule is CC(C)C[C@H](NC(=O)[C@H](CCC(=O)O)NC(=O)[C@@H](N)CC(N)=O)C(=O)N[C@@H](CCCN=C(N)N)C(=O)N[C@@H](Cc1cnc[nH]1)C(=O)N[C@@H](CO)C(=O)N[C@H](C(=O)N[C@@H](CS)C(=O)O)[C@@H](C)O. The highest BCUT2D eigenvalue weighted by Gasteiger charge is 2.35. The first-order chi connectivity index (χ1) is 30.9. The van der Waals surface area contributed by atoms with E-state index in [-0.39, 0.29) is 55.6 Å². The van der Waals surface area contributed by atoms with E-state index in [0.717, 1.165) is 6.92 Å². The van der Waals surface area contributed by atoms with Crippen LogP contribution in [0.1, 0.15) is 65.0 Å². The second-order valence-electron chi connectivity index (χ2n) is 15.4. The van der Waals surface area contributed by atoms with Gasteiger partial charge >= 0.3 is 11.9 Å². The molecule has 0 aliphatic rings. The van der Waals surface area contributed by atoms with Crippen molar-refractivity contribution in [1.29, 1.82) is 0 Å². The molecule has 1 rings (SSSR count). The fourth-order valence-electron chi connectivity index (χ4n) is 5.82. The number of aliphatic hydroxyl groups is 2. The van der Waals surface area contributed by atoms with Gasteiger partial charge in [0.1, 0.15) is 42.3 Å². The number of aromatic nitrogens is 2. The lowest BCUT2D eigenvalue weighted by Gasteiger charge is -2.28. The van der Waals surface area contributed by atoms with Crippen molar-refractivity contribution in [3.8, 4) is 0 Å². The van der Waals surface area contributed by atoms with Crippen molar-refractivity contribution in [2.45, 2.75) is 120 Å². The van der Waals surface area contributed by atoms with E-state index < -0.39 is 140 Å². The van der Waals surface area contributed by atoms with E-state index in [1.54, 1.807) is 13.8 Å². The van der Waals surface area contributed by atoms with Crippen LogP contribution in [0.4, 0.5) is 0 Å². The van der Waals surface area contributed by atoms with Crippen LogP contribution < -0.4 is 60.2 Å². The third kappa shape index (κ3) is 21.4. The summed E-state index contributed by atoms with van der Waals surface area (Å²) in [6, 6.07) is -12.6. The minimum absolute atomic E-state index is 0.0284. The highest BCUT2D eigenvalue weighted by molar-refractivity contribution is 7.80. The number of carboxylic acids is 2. The number of aliphatic hydroxyl groups excluding tert-OH is 2. The van der Waals surface area contributed by atoms with E-state index in [2.05, 4.69) is 64.8 Å². The number of nitrogens with one attached hydrogen (secondary N) is 8. The molecule has 28 nitrogen and oxygen atoms in total. The number of carboxylic acid groups (broad SMARTS) is 2. The molecule has 0 unspecified atom stereocenters. The minimum atomic E-state index is -1.81. The van der Waals surface area contributed by atoms with Crippen molar-refractivity contribution in [3.05, 3.63) is 18.2 Å². The van der Waals surface area contributed by atoms with Crippen LogP contribution in [-0.2, 0) is 54.4 Å². The molecule has 0 saturated heterocycles. The van der Waals surface area contributed by atoms with Crippen LogP contribution in [0.15, 0.2) is 17.5 Å². The van der Waals surface area contributed by atoms with Gasteiger partial charge in [0.05, 0.1) is 31.5 Å². The Morgan fingerprint density at radius 3 is 1.74 bits per heavy atom. The zero-order valence-corrected chi connectivity index (χ0v) is 37.4. The number of rotatable bonds is 31. The molecule has 0 aromatic carbocycles. The zero-order chi connectivity index (χ0) is 50.3. The van der Waals surface area contributed by atoms with Crippen molar-refractivity contribution in [1.82, 2.24) is 47.2 Å². The van der Waals surface area contributed by atoms with Crippen LogP contribution in [0.5, 0.6) is 0 Å². The highest BCUT2D eigenvalue weighted by Crippen LogP contribution is 2.10. The summed E-state index contributed by atoms with van der Waals surface area (Å²) in [5.41, 5.74) is 22.0. The summed E-state index contributed by atoms with van der Waals surface area (Å²) in [7, 11) is 0. The van der Waals surface area contributed by atoms with Crippen LogP contribution in [0.3, 0.4) is 0 Å². The van der Waals surface area contributed by atoms with Crippen molar-refractivity contribution in [2.75, 3.05) is 18.9 Å². The molecule has 0 aliphatic heterocycles. The first-order valence-electron chi connectivity index (χ1n) is 20.4. The summed E-state index contributed by atoms with van der Waals surface area (Å²) in [5.74, 6) is -11.9. The average Bonchev–Trinajstić information content (AvgIpc) is 3.74. The van der Waals surface area contributed by atoms with Gasteiger partial charge < -0.3 is 85.6 Å². The van der Waals surface area contributed by atoms with Crippen molar-refractivity contribution < 1.29 is 68.4 Å². The van der Waals surface area contributed by atoms with E-state index in [9.17, 15) is 68.4 Å². The standard InChI is InChI=1S/C37H62N14O14S/c1-16(2)9-22(47-31(59)21(6-7-27(55)56)45-29(57)19(38)11-26(39)54)32(60)46-20(5-4-8-43-37(40)41)30(58)48-23(10-18-12-42-15-44-18)33(61)49-24(13-52)34(62)51-28(17(3)53)35(63)50-25(14-66)36(64)65/h12,15-17,19-25,28,52-53,66H,4-11,13-14,38H2,1-3H3,(H2,39,54)(H,42,44)(H,45,57)(H,46,60)(H,47,59)(H,48,58)(H,49,61)(H,50,63)(H,51,62)(H,55,56)(H,64,65)(H4,40,41,43)/t17-,19+,20+,21+,22+,23+,24+,25+,28+/m1/s1. The van der Waals surface area contributed by atoms with Gasteiger partial charge in [0.2, 0.25) is 47.3 Å². The largest absolute Gasteiger partial charge is 0.481 e. The number of H-pyrrole nitrogens is 1. The number of nitrogens with two attached hydrogens (primary N) is 4. The van der Waals surface area contributed by atoms with Crippen LogP contribution in [0.25, 0.3) is 0 Å². The molecule has 1 aromatic heterocycles. The molecule has 0 spiro atoms. The van der Waals surface area contributed by atoms with Crippen LogP contribution >= 0.6 is 12.6 Å². The Balaban J connectivity index is 3.49. The maximum atomic E-state index is 14.1. The Hall–Kier alpha value is -6.59. The summed E-state index contributed by atoms with van der Waals surface area (Å²) in [4.78, 5) is 139. The summed E-state index contributed by atoms with van der Waals surface area (Å²) < 4.78 is 0. The van der Waals surface area contributed by atoms with Crippen molar-refractivity contribution in [2.24, 2.45) is 33.8 Å². The molecular weight excluding hydrogens is 897 g/mol. The topological polar surface area (TPSA) is 481 Å². The number of aliphatic imine (C=N–C) groups is 1. The molecule has 20 N–H and O–H groups in total. The third-order valence-electron chi connectivity index (χ3n) is 9.24. The molecule has 0 aliphatic carbocycles. The number of nitrogens with zero attached hydrogens (tertiary/aromatic N) is 2. The predicted octanol–water partition coefficient (Wildman–Crippen LogP) is -7.10. The molecule has 0 fully saturated rings. The van der Waals surface area contributed by atoms with E-state index >= 15 is 0 Å². The Labute approximate surface area is 383 Å². The Kier molecular flexibility index (Phi) is 25.3. The number of thiol groups is 1. The number of amides is 8. The number of guanidine groups is 1. The zero-order valence-electron chi connectivity index (χ0n) is 36.5.